The van der Waals surface area contributed by atoms with Gasteiger partial charge in [0.05, 0.1) is 9.82 Å². The number of nitrogens with two attached hydrogens (primary N) is 1. The molecule has 0 bridgehead atoms. The number of benzene rings is 1. The van der Waals surface area contributed by atoms with Gasteiger partial charge in [0, 0.05) is 17.7 Å². The molecular formula is C8H6N2O4S. The Bertz CT molecular complexity index is 556. The zero-order valence-corrected chi connectivity index (χ0v) is 8.19. The summed E-state index contributed by atoms with van der Waals surface area (Å²) < 4.78 is 21.9. The fourth-order valence-electron chi connectivity index (χ4n) is 0.936. The molecule has 0 heterocycles. The van der Waals surface area contributed by atoms with Crippen LogP contribution in [-0.4, -0.2) is 13.3 Å². The van der Waals surface area contributed by atoms with E-state index >= 15 is 0 Å². The van der Waals surface area contributed by atoms with E-state index in [0.29, 0.717) is 0 Å². The largest absolute Gasteiger partial charge is 0.272 e. The molecule has 0 fully saturated rings. The van der Waals surface area contributed by atoms with Crippen molar-refractivity contribution in [2.45, 2.75) is 4.90 Å². The predicted molar refractivity (Wildman–Crippen MR) is 52.4 cm³/mol. The molecule has 0 unspecified atom stereocenters. The van der Waals surface area contributed by atoms with E-state index in [2.05, 4.69) is 5.92 Å². The van der Waals surface area contributed by atoms with Gasteiger partial charge in [-0.3, -0.25) is 10.1 Å². The van der Waals surface area contributed by atoms with E-state index in [0.717, 1.165) is 18.2 Å². The third-order valence-electron chi connectivity index (χ3n) is 1.60. The highest BCUT2D eigenvalue weighted by Gasteiger charge is 2.15. The lowest BCUT2D eigenvalue weighted by Gasteiger charge is -1.99. The van der Waals surface area contributed by atoms with Crippen LogP contribution in [0.25, 0.3) is 0 Å². The lowest BCUT2D eigenvalue weighted by molar-refractivity contribution is -0.385. The average molecular weight is 226 g/mol. The van der Waals surface area contributed by atoms with Crippen molar-refractivity contribution in [2.75, 3.05) is 0 Å². The standard InChI is InChI=1S/C8H6N2O4S/c1-2-6-3-7(10(11)12)5-8(4-6)15(9,13)14/h1,3-5H,(H2,9,13,14). The van der Waals surface area contributed by atoms with Crippen LogP contribution in [-0.2, 0) is 10.0 Å². The van der Waals surface area contributed by atoms with Gasteiger partial charge in [0.2, 0.25) is 10.0 Å². The van der Waals surface area contributed by atoms with Crippen LogP contribution in [0, 0.1) is 22.5 Å². The van der Waals surface area contributed by atoms with Gasteiger partial charge in [-0.25, -0.2) is 13.6 Å². The van der Waals surface area contributed by atoms with Crippen LogP contribution in [0.15, 0.2) is 23.1 Å². The zero-order chi connectivity index (χ0) is 11.6. The summed E-state index contributed by atoms with van der Waals surface area (Å²) in [5, 5.41) is 15.3. The number of nitro groups is 1. The summed E-state index contributed by atoms with van der Waals surface area (Å²) in [4.78, 5) is 9.34. The number of nitro benzene ring substituents is 1. The van der Waals surface area contributed by atoms with Crippen molar-refractivity contribution in [3.8, 4) is 12.3 Å². The Balaban J connectivity index is 3.52. The Kier molecular flexibility index (Phi) is 2.74. The van der Waals surface area contributed by atoms with Crippen LogP contribution in [0.1, 0.15) is 5.56 Å². The molecule has 2 N–H and O–H groups in total. The monoisotopic (exact) mass is 226 g/mol. The number of sulfonamides is 1. The van der Waals surface area contributed by atoms with Crippen LogP contribution in [0.5, 0.6) is 0 Å². The lowest BCUT2D eigenvalue weighted by atomic mass is 10.2. The molecule has 1 aromatic rings. The molecule has 0 saturated heterocycles. The molecule has 1 aromatic carbocycles. The molecule has 78 valence electrons. The minimum Gasteiger partial charge on any atom is -0.258 e. The van der Waals surface area contributed by atoms with E-state index in [1.165, 1.54) is 0 Å². The molecule has 0 aliphatic carbocycles. The second-order valence-electron chi connectivity index (χ2n) is 2.66. The number of rotatable bonds is 2. The SMILES string of the molecule is C#Cc1cc([N+](=O)[O-])cc(S(N)(=O)=O)c1. The van der Waals surface area contributed by atoms with Gasteiger partial charge >= 0.3 is 0 Å². The average Bonchev–Trinajstić information content (AvgIpc) is 2.15. The topological polar surface area (TPSA) is 103 Å². The quantitative estimate of drug-likeness (QED) is 0.442. The smallest absolute Gasteiger partial charge is 0.258 e. The van der Waals surface area contributed by atoms with Crippen LogP contribution in [0.2, 0.25) is 0 Å². The van der Waals surface area contributed by atoms with Crippen LogP contribution in [0.3, 0.4) is 0 Å². The maximum atomic E-state index is 11.0. The first-order valence-electron chi connectivity index (χ1n) is 3.63. The van der Waals surface area contributed by atoms with E-state index in [1.54, 1.807) is 0 Å². The number of hydrogen-bond acceptors (Lipinski definition) is 4. The Morgan fingerprint density at radius 1 is 1.40 bits per heavy atom. The van der Waals surface area contributed by atoms with Gasteiger partial charge in [-0.15, -0.1) is 6.42 Å². The summed E-state index contributed by atoms with van der Waals surface area (Å²) in [5.74, 6) is 2.11. The first kappa shape index (κ1) is 11.2. The van der Waals surface area contributed by atoms with Crippen molar-refractivity contribution in [1.82, 2.24) is 0 Å². The number of nitrogens with zero attached hydrogens (tertiary/aromatic N) is 1. The van der Waals surface area contributed by atoms with Gasteiger partial charge in [-0.1, -0.05) is 5.92 Å². The summed E-state index contributed by atoms with van der Waals surface area (Å²) in [6, 6.07) is 3.05. The Morgan fingerprint density at radius 2 is 2.00 bits per heavy atom. The summed E-state index contributed by atoms with van der Waals surface area (Å²) in [7, 11) is -3.99. The van der Waals surface area contributed by atoms with E-state index in [-0.39, 0.29) is 10.5 Å². The molecular weight excluding hydrogens is 220 g/mol. The second kappa shape index (κ2) is 3.68. The van der Waals surface area contributed by atoms with Crippen LogP contribution >= 0.6 is 0 Å². The van der Waals surface area contributed by atoms with Crippen molar-refractivity contribution in [2.24, 2.45) is 5.14 Å². The van der Waals surface area contributed by atoms with Crippen molar-refractivity contribution >= 4 is 15.7 Å². The van der Waals surface area contributed by atoms with Crippen molar-refractivity contribution < 1.29 is 13.3 Å². The molecule has 1 rings (SSSR count). The number of non-ortho nitro benzene ring substituents is 1. The molecule has 7 heteroatoms. The van der Waals surface area contributed by atoms with Crippen LogP contribution in [0.4, 0.5) is 5.69 Å². The Hall–Kier alpha value is -1.91. The zero-order valence-electron chi connectivity index (χ0n) is 7.38. The summed E-state index contributed by atoms with van der Waals surface area (Å²) in [6.07, 6.45) is 5.02. The maximum Gasteiger partial charge on any atom is 0.272 e. The van der Waals surface area contributed by atoms with Crippen molar-refractivity contribution in [3.05, 3.63) is 33.9 Å². The molecule has 0 amide bonds. The molecule has 0 saturated carbocycles. The number of hydrogen-bond donors (Lipinski definition) is 1. The summed E-state index contributed by atoms with van der Waals surface area (Å²) >= 11 is 0. The fourth-order valence-corrected chi connectivity index (χ4v) is 1.51. The molecule has 0 atom stereocenters. The Morgan fingerprint density at radius 3 is 2.40 bits per heavy atom. The molecule has 6 nitrogen and oxygen atoms in total. The number of primary sulfonamides is 1. The van der Waals surface area contributed by atoms with Gasteiger partial charge in [0.1, 0.15) is 0 Å². The highest BCUT2D eigenvalue weighted by Crippen LogP contribution is 2.19. The van der Waals surface area contributed by atoms with E-state index < -0.39 is 20.6 Å². The molecule has 0 aromatic heterocycles. The van der Waals surface area contributed by atoms with E-state index in [4.69, 9.17) is 11.6 Å². The van der Waals surface area contributed by atoms with Gasteiger partial charge in [0.25, 0.3) is 5.69 Å². The third kappa shape index (κ3) is 2.52. The fraction of sp³-hybridized carbons (Fsp3) is 0. The summed E-state index contributed by atoms with van der Waals surface area (Å²) in [6.45, 7) is 0. The first-order valence-corrected chi connectivity index (χ1v) is 5.18. The highest BCUT2D eigenvalue weighted by molar-refractivity contribution is 7.89. The van der Waals surface area contributed by atoms with Gasteiger partial charge in [-0.2, -0.15) is 0 Å². The van der Waals surface area contributed by atoms with Crippen molar-refractivity contribution in [1.29, 1.82) is 0 Å². The molecule has 0 aliphatic rings. The highest BCUT2D eigenvalue weighted by atomic mass is 32.2. The van der Waals surface area contributed by atoms with Gasteiger partial charge < -0.3 is 0 Å². The number of terminal acetylenes is 1. The predicted octanol–water partition coefficient (Wildman–Crippen LogP) is 0.224. The molecule has 0 aliphatic heterocycles. The van der Waals surface area contributed by atoms with Gasteiger partial charge in [-0.05, 0) is 6.07 Å². The third-order valence-corrected chi connectivity index (χ3v) is 2.49. The van der Waals surface area contributed by atoms with Gasteiger partial charge in [0.15, 0.2) is 0 Å². The van der Waals surface area contributed by atoms with Crippen LogP contribution < -0.4 is 5.14 Å². The minimum atomic E-state index is -3.99. The maximum absolute atomic E-state index is 11.0. The molecule has 0 radical (unpaired) electrons. The summed E-state index contributed by atoms with van der Waals surface area (Å²) in [5.41, 5.74) is -0.317. The Labute approximate surface area is 85.9 Å². The van der Waals surface area contributed by atoms with Crippen molar-refractivity contribution in [3.63, 3.8) is 0 Å². The molecule has 15 heavy (non-hydrogen) atoms. The van der Waals surface area contributed by atoms with E-state index in [9.17, 15) is 18.5 Å². The lowest BCUT2D eigenvalue weighted by Crippen LogP contribution is -2.12. The molecule has 0 spiro atoms. The second-order valence-corrected chi connectivity index (χ2v) is 4.22. The first-order chi connectivity index (χ1) is 6.84. The normalized spacial score (nSPS) is 10.7. The minimum absolute atomic E-state index is 0.0909. The van der Waals surface area contributed by atoms with E-state index in [1.807, 2.05) is 0 Å².